The largest absolute Gasteiger partial charge is 0.493 e. The van der Waals surface area contributed by atoms with E-state index in [9.17, 15) is 58.8 Å². The molecule has 117 heavy (non-hydrogen) atoms. The minimum Gasteiger partial charge on any atom is -0.493 e. The molecule has 9 aromatic carbocycles. The maximum absolute atomic E-state index is 12.3. The molecule has 0 saturated heterocycles. The monoisotopic (exact) mass is 1720 g/mol. The summed E-state index contributed by atoms with van der Waals surface area (Å²) in [5, 5.41) is 53.9. The Morgan fingerprint density at radius 1 is 0.385 bits per heavy atom. The van der Waals surface area contributed by atoms with Gasteiger partial charge in [0.25, 0.3) is 41.9 Å². The fourth-order valence-corrected chi connectivity index (χ4v) is 14.8. The molecule has 2 amide bonds. The van der Waals surface area contributed by atoms with E-state index in [1.54, 1.807) is 153 Å². The number of halogens is 3. The normalized spacial score (nSPS) is 12.2. The molecule has 0 aliphatic heterocycles. The van der Waals surface area contributed by atoms with Crippen LogP contribution < -0.4 is 62.9 Å². The van der Waals surface area contributed by atoms with Gasteiger partial charge in [0.05, 0.1) is 24.0 Å². The van der Waals surface area contributed by atoms with Gasteiger partial charge in [-0.05, 0) is 208 Å². The minimum absolute atomic E-state index is 0.00877. The number of aliphatic carboxylic acids is 5. The van der Waals surface area contributed by atoms with E-state index in [1.165, 1.54) is 63.6 Å². The number of carboxylic acids is 5. The molecule has 20 N–H and O–H groups in total. The number of rotatable bonds is 30. The van der Waals surface area contributed by atoms with Crippen LogP contribution in [-0.2, 0) is 86.1 Å². The molecular weight excluding hydrogens is 1640 g/mol. The van der Waals surface area contributed by atoms with Crippen LogP contribution in [-0.4, -0.2) is 142 Å². The van der Waals surface area contributed by atoms with E-state index in [1.807, 2.05) is 25.1 Å². The highest BCUT2D eigenvalue weighted by Gasteiger charge is 2.26. The Morgan fingerprint density at radius 2 is 0.709 bits per heavy atom. The van der Waals surface area contributed by atoms with E-state index in [-0.39, 0.29) is 80.1 Å². The molecule has 1 aromatic heterocycles. The number of anilines is 5. The first-order valence-corrected chi connectivity index (χ1v) is 40.1. The second-order valence-corrected chi connectivity index (χ2v) is 31.9. The highest BCUT2D eigenvalue weighted by Crippen LogP contribution is 2.30. The van der Waals surface area contributed by atoms with Crippen molar-refractivity contribution in [2.24, 2.45) is 28.7 Å². The van der Waals surface area contributed by atoms with Gasteiger partial charge >= 0.3 is 29.8 Å². The summed E-state index contributed by atoms with van der Waals surface area (Å²) in [7, 11) is -8.37. The summed E-state index contributed by atoms with van der Waals surface area (Å²) in [5.74, 6) is -4.62. The third kappa shape index (κ3) is 30.3. The zero-order chi connectivity index (χ0) is 86.6. The highest BCUT2D eigenvalue weighted by molar-refractivity contribution is 7.93. The van der Waals surface area contributed by atoms with Gasteiger partial charge in [0.15, 0.2) is 22.2 Å². The maximum atomic E-state index is 12.3. The number of hydrogen-bond donors (Lipinski definition) is 15. The Labute approximate surface area is 688 Å². The zero-order valence-electron chi connectivity index (χ0n) is 63.0. The van der Waals surface area contributed by atoms with Crippen molar-refractivity contribution in [3.63, 3.8) is 0 Å². The number of ether oxygens (including phenoxy) is 2. The van der Waals surface area contributed by atoms with E-state index in [4.69, 9.17) is 103 Å². The van der Waals surface area contributed by atoms with Crippen LogP contribution in [0.25, 0.3) is 0 Å². The van der Waals surface area contributed by atoms with Crippen molar-refractivity contribution >= 4 is 135 Å². The minimum atomic E-state index is -3.85. The van der Waals surface area contributed by atoms with Gasteiger partial charge in [-0.2, -0.15) is 0 Å². The molecule has 5 atom stereocenters. The van der Waals surface area contributed by atoms with E-state index in [0.29, 0.717) is 72.8 Å². The number of nitrogens with one attached hydrogen (secondary N) is 5. The summed E-state index contributed by atoms with van der Waals surface area (Å²) in [6.07, 6.45) is 0.940. The van der Waals surface area contributed by atoms with Crippen LogP contribution >= 0.6 is 34.8 Å². The molecule has 0 spiro atoms. The highest BCUT2D eigenvalue weighted by atomic mass is 35.5. The van der Waals surface area contributed by atoms with Gasteiger partial charge in [-0.15, -0.1) is 0 Å². The summed E-state index contributed by atoms with van der Waals surface area (Å²) >= 11 is 17.4. The van der Waals surface area contributed by atoms with Crippen molar-refractivity contribution in [2.45, 2.75) is 97.8 Å². The number of sulfonamides is 3. The first-order chi connectivity index (χ1) is 55.0. The topological polar surface area (TPSA) is 558 Å². The van der Waals surface area contributed by atoms with Crippen LogP contribution in [0.3, 0.4) is 0 Å². The number of carboxylic acid groups (broad SMARTS) is 5. The number of methoxy groups -OCH3 is 2. The lowest BCUT2D eigenvalue weighted by Gasteiger charge is -2.11. The van der Waals surface area contributed by atoms with Gasteiger partial charge in [-0.1, -0.05) is 124 Å². The molecule has 0 bridgehead atoms. The molecule has 620 valence electrons. The number of benzene rings is 9. The van der Waals surface area contributed by atoms with Crippen molar-refractivity contribution in [1.82, 2.24) is 5.16 Å². The van der Waals surface area contributed by atoms with E-state index < -0.39 is 90.1 Å². The van der Waals surface area contributed by atoms with Gasteiger partial charge < -0.3 is 78.8 Å². The quantitative estimate of drug-likeness (QED) is 0.0199. The maximum Gasteiger partial charge on any atom is 0.320 e. The summed E-state index contributed by atoms with van der Waals surface area (Å²) < 4.78 is 96.3. The predicted molar refractivity (Wildman–Crippen MR) is 442 cm³/mol. The number of nitrogens with two attached hydrogens (primary N) is 5. The smallest absolute Gasteiger partial charge is 0.320 e. The number of amides is 2. The second kappa shape index (κ2) is 43.6. The summed E-state index contributed by atoms with van der Waals surface area (Å²) in [5.41, 5.74) is 35.6. The average Bonchev–Trinajstić information content (AvgIpc) is 1.73. The van der Waals surface area contributed by atoms with E-state index >= 15 is 0 Å². The molecule has 0 unspecified atom stereocenters. The molecule has 0 radical (unpaired) electrons. The van der Waals surface area contributed by atoms with E-state index in [0.717, 1.165) is 16.7 Å². The molecule has 38 heteroatoms. The van der Waals surface area contributed by atoms with Gasteiger partial charge in [-0.25, -0.2) is 25.3 Å². The lowest BCUT2D eigenvalue weighted by molar-refractivity contribution is -0.139. The summed E-state index contributed by atoms with van der Waals surface area (Å²) in [6, 6.07) is 50.0. The third-order valence-electron chi connectivity index (χ3n) is 16.3. The molecule has 1 heterocycles. The molecule has 0 fully saturated rings. The first-order valence-electron chi connectivity index (χ1n) is 34.6. The number of nitrogens with zero attached hydrogens (tertiary/aromatic N) is 1. The zero-order valence-corrected chi connectivity index (χ0v) is 67.7. The van der Waals surface area contributed by atoms with Crippen LogP contribution in [0.4, 0.5) is 28.4 Å². The van der Waals surface area contributed by atoms with Gasteiger partial charge in [0.1, 0.15) is 35.9 Å². The van der Waals surface area contributed by atoms with Crippen molar-refractivity contribution in [2.75, 3.05) is 39.0 Å². The van der Waals surface area contributed by atoms with Gasteiger partial charge in [0, 0.05) is 54.6 Å². The predicted octanol–water partition coefficient (Wildman–Crippen LogP) is 10.0. The number of aromatic nitrogens is 1. The van der Waals surface area contributed by atoms with Crippen LogP contribution in [0.2, 0.25) is 15.1 Å². The number of carbonyl (C=O) groups excluding carboxylic acids is 2. The average molecular weight is 1730 g/mol. The Balaban J connectivity index is 0.000000227. The SMILES string of the molecule is COc1ccc(C(=O)Nc2ccc(C[C@H](N)C(=O)O)cc2)cc1OC.Cc1cccc(C(=O)Nc2ccc(C[C@H](N)C(=O)O)cc2)c1.Cc1noc(C)c1S(=O)(=O)Nc1ccc(C[C@H](N)C(=O)O)cc1.N[C@@H](Cc1ccc(NS(=O)(=O)c2cc(Cl)cc(Cl)c2)cc1)C(=O)O.N[C@@H](Cc1ccc(NS(=O)(=O)c2cccc(Cl)c2)cc1)C(=O)O. The fourth-order valence-electron chi connectivity index (χ4n) is 10.3. The molecule has 32 nitrogen and oxygen atoms in total. The Hall–Kier alpha value is -12.0. The number of aryl methyl sites for hydroxylation is 3. The lowest BCUT2D eigenvalue weighted by Crippen LogP contribution is -2.32. The summed E-state index contributed by atoms with van der Waals surface area (Å²) in [4.78, 5) is 78.1. The fraction of sp³-hybridized carbons (Fsp3) is 0.190. The lowest BCUT2D eigenvalue weighted by atomic mass is 10.1. The van der Waals surface area contributed by atoms with Crippen LogP contribution in [0.15, 0.2) is 225 Å². The van der Waals surface area contributed by atoms with Gasteiger partial charge in [0.2, 0.25) is 0 Å². The first kappa shape index (κ1) is 93.9. The molecule has 10 aromatic rings. The van der Waals surface area contributed by atoms with Crippen LogP contribution in [0, 0.1) is 20.8 Å². The Kier molecular flexibility index (Phi) is 35.0. The molecule has 10 rings (SSSR count). The van der Waals surface area contributed by atoms with E-state index in [2.05, 4.69) is 30.0 Å². The molecular formula is C79H84Cl3N11O21S3. The standard InChI is InChI=1S/C18H20N2O5.C17H18N2O3.C15H14Cl2N2O4S.C15H15ClN2O4S.C14H17N3O5S/c1-24-15-8-5-12(10-16(15)25-2)17(21)20-13-6-3-11(4-7-13)9-14(19)18(22)23;1-11-3-2-4-13(9-11)16(20)19-14-7-5-12(6-8-14)10-15(18)17(21)22;16-10-6-11(17)8-13(7-10)24(22,23)19-12-3-1-9(2-4-12)5-14(18)15(20)21;16-11-2-1-3-13(9-11)23(21,22)18-12-6-4-10(5-7-12)8-14(17)15(19)20;1-8-13(9(2)22-16-8)23(20,21)17-11-5-3-10(4-6-11)7-12(15)14(18)19/h3-8,10,14H,9,19H2,1-2H3,(H,20,21)(H,22,23);2-9,15H,10,18H2,1H3,(H,19,20)(H,21,22);1-4,6-8,14,19H,5,18H2,(H,20,21);1-7,9,14,18H,8,17H2,(H,19,20);3-6,12,17H,7,15H2,1-2H3,(H,18,19)/t14-;15-;2*14-;12-/m00000/s1. The Morgan fingerprint density at radius 3 is 1.03 bits per heavy atom. The third-order valence-corrected chi connectivity index (χ3v) is 21.4. The van der Waals surface area contributed by atoms with Crippen molar-refractivity contribution in [3.05, 3.63) is 277 Å². The van der Waals surface area contributed by atoms with Crippen molar-refractivity contribution < 1.29 is 98.3 Å². The summed E-state index contributed by atoms with van der Waals surface area (Å²) in [6.45, 7) is 4.99. The second-order valence-electron chi connectivity index (χ2n) is 25.6. The van der Waals surface area contributed by atoms with Crippen molar-refractivity contribution in [1.29, 1.82) is 0 Å². The van der Waals surface area contributed by atoms with Crippen LogP contribution in [0.1, 0.15) is 65.6 Å². The number of carbonyl (C=O) groups is 7. The number of hydrogen-bond acceptors (Lipinski definition) is 22. The van der Waals surface area contributed by atoms with Crippen molar-refractivity contribution in [3.8, 4) is 11.5 Å². The molecule has 0 aliphatic rings. The van der Waals surface area contributed by atoms with Crippen LogP contribution in [0.5, 0.6) is 11.5 Å². The van der Waals surface area contributed by atoms with Gasteiger partial charge in [-0.3, -0.25) is 47.7 Å². The molecule has 0 saturated carbocycles. The Bertz CT molecular complexity index is 5450. The molecule has 0 aliphatic carbocycles.